The number of nitrogens with zero attached hydrogens (tertiary/aromatic N) is 1. The SMILES string of the molecule is CCCNC(CCN(C)CC(C)(C)O)c1ccccc1Cl. The molecule has 0 saturated carbocycles. The molecule has 0 aliphatic carbocycles. The summed E-state index contributed by atoms with van der Waals surface area (Å²) in [5, 5.41) is 14.3. The highest BCUT2D eigenvalue weighted by atomic mass is 35.5. The van der Waals surface area contributed by atoms with Crippen LogP contribution in [-0.2, 0) is 0 Å². The Morgan fingerprint density at radius 2 is 2.00 bits per heavy atom. The van der Waals surface area contributed by atoms with Crippen molar-refractivity contribution in [3.63, 3.8) is 0 Å². The molecule has 0 aliphatic rings. The summed E-state index contributed by atoms with van der Waals surface area (Å²) < 4.78 is 0. The van der Waals surface area contributed by atoms with E-state index in [1.165, 1.54) is 0 Å². The van der Waals surface area contributed by atoms with E-state index in [2.05, 4.69) is 23.2 Å². The van der Waals surface area contributed by atoms with Gasteiger partial charge in [-0.1, -0.05) is 36.7 Å². The molecule has 0 aromatic heterocycles. The van der Waals surface area contributed by atoms with Crippen molar-refractivity contribution in [3.05, 3.63) is 34.9 Å². The highest BCUT2D eigenvalue weighted by Crippen LogP contribution is 2.25. The van der Waals surface area contributed by atoms with Crippen molar-refractivity contribution in [1.29, 1.82) is 0 Å². The molecule has 0 bridgehead atoms. The Balaban J connectivity index is 2.65. The first-order chi connectivity index (χ1) is 9.83. The van der Waals surface area contributed by atoms with E-state index in [4.69, 9.17) is 11.6 Å². The standard InChI is InChI=1S/C17H29ClN2O/c1-5-11-19-16(14-8-6-7-9-15(14)18)10-12-20(4)13-17(2,3)21/h6-9,16,19,21H,5,10-13H2,1-4H3. The van der Waals surface area contributed by atoms with E-state index in [1.54, 1.807) is 0 Å². The molecule has 1 aromatic rings. The molecule has 0 radical (unpaired) electrons. The second-order valence-electron chi connectivity index (χ2n) is 6.37. The highest BCUT2D eigenvalue weighted by molar-refractivity contribution is 6.31. The van der Waals surface area contributed by atoms with Crippen LogP contribution in [0, 0.1) is 0 Å². The molecule has 0 amide bonds. The summed E-state index contributed by atoms with van der Waals surface area (Å²) in [4.78, 5) is 2.16. The Hall–Kier alpha value is -0.610. The van der Waals surface area contributed by atoms with Gasteiger partial charge in [-0.25, -0.2) is 0 Å². The van der Waals surface area contributed by atoms with Crippen LogP contribution in [0.3, 0.4) is 0 Å². The average molecular weight is 313 g/mol. The largest absolute Gasteiger partial charge is 0.389 e. The molecule has 0 spiro atoms. The first-order valence-corrected chi connectivity index (χ1v) is 8.10. The van der Waals surface area contributed by atoms with Crippen LogP contribution < -0.4 is 5.32 Å². The van der Waals surface area contributed by atoms with Gasteiger partial charge in [0.05, 0.1) is 5.60 Å². The van der Waals surface area contributed by atoms with Crippen molar-refractivity contribution >= 4 is 11.6 Å². The van der Waals surface area contributed by atoms with E-state index in [0.717, 1.165) is 36.5 Å². The van der Waals surface area contributed by atoms with Crippen LogP contribution >= 0.6 is 11.6 Å². The van der Waals surface area contributed by atoms with Crippen LogP contribution in [0.4, 0.5) is 0 Å². The first kappa shape index (κ1) is 18.4. The van der Waals surface area contributed by atoms with Crippen molar-refractivity contribution < 1.29 is 5.11 Å². The van der Waals surface area contributed by atoms with Crippen molar-refractivity contribution in [2.75, 3.05) is 26.7 Å². The van der Waals surface area contributed by atoms with Gasteiger partial charge in [0.1, 0.15) is 0 Å². The number of aliphatic hydroxyl groups is 1. The van der Waals surface area contributed by atoms with Crippen molar-refractivity contribution in [2.24, 2.45) is 0 Å². The van der Waals surface area contributed by atoms with Crippen LogP contribution in [0.25, 0.3) is 0 Å². The summed E-state index contributed by atoms with van der Waals surface area (Å²) in [6.07, 6.45) is 2.07. The van der Waals surface area contributed by atoms with Gasteiger partial charge in [0.25, 0.3) is 0 Å². The lowest BCUT2D eigenvalue weighted by molar-refractivity contribution is 0.0435. The number of rotatable bonds is 9. The van der Waals surface area contributed by atoms with E-state index in [0.29, 0.717) is 6.54 Å². The van der Waals surface area contributed by atoms with Crippen molar-refractivity contribution in [1.82, 2.24) is 10.2 Å². The quantitative estimate of drug-likeness (QED) is 0.733. The molecule has 2 N–H and O–H groups in total. The van der Waals surface area contributed by atoms with Crippen LogP contribution in [0.2, 0.25) is 5.02 Å². The maximum absolute atomic E-state index is 9.88. The number of hydrogen-bond acceptors (Lipinski definition) is 3. The maximum atomic E-state index is 9.88. The van der Waals surface area contributed by atoms with Gasteiger partial charge in [-0.2, -0.15) is 0 Å². The highest BCUT2D eigenvalue weighted by Gasteiger charge is 2.18. The Kier molecular flexibility index (Phi) is 7.67. The summed E-state index contributed by atoms with van der Waals surface area (Å²) in [5.74, 6) is 0. The van der Waals surface area contributed by atoms with E-state index >= 15 is 0 Å². The molecule has 21 heavy (non-hydrogen) atoms. The fourth-order valence-electron chi connectivity index (χ4n) is 2.53. The van der Waals surface area contributed by atoms with Crippen LogP contribution in [0.1, 0.15) is 45.2 Å². The van der Waals surface area contributed by atoms with E-state index < -0.39 is 5.60 Å². The van der Waals surface area contributed by atoms with Crippen LogP contribution in [-0.4, -0.2) is 42.3 Å². The van der Waals surface area contributed by atoms with E-state index in [1.807, 2.05) is 39.1 Å². The zero-order valence-corrected chi connectivity index (χ0v) is 14.5. The van der Waals surface area contributed by atoms with E-state index in [9.17, 15) is 5.11 Å². The third-order valence-electron chi connectivity index (χ3n) is 3.38. The van der Waals surface area contributed by atoms with Gasteiger partial charge in [-0.3, -0.25) is 0 Å². The smallest absolute Gasteiger partial charge is 0.0718 e. The molecule has 1 unspecified atom stereocenters. The fourth-order valence-corrected chi connectivity index (χ4v) is 2.80. The number of benzene rings is 1. The molecule has 0 aliphatic heterocycles. The minimum Gasteiger partial charge on any atom is -0.389 e. The Labute approximate surface area is 134 Å². The summed E-state index contributed by atoms with van der Waals surface area (Å²) in [7, 11) is 2.04. The molecule has 1 rings (SSSR count). The zero-order chi connectivity index (χ0) is 15.9. The van der Waals surface area contributed by atoms with Gasteiger partial charge >= 0.3 is 0 Å². The van der Waals surface area contributed by atoms with Gasteiger partial charge in [-0.05, 0) is 58.5 Å². The molecular formula is C17H29ClN2O. The predicted molar refractivity (Wildman–Crippen MR) is 90.9 cm³/mol. The van der Waals surface area contributed by atoms with Gasteiger partial charge in [-0.15, -0.1) is 0 Å². The predicted octanol–water partition coefficient (Wildman–Crippen LogP) is 3.47. The summed E-state index contributed by atoms with van der Waals surface area (Å²) in [6.45, 7) is 8.39. The normalized spacial score (nSPS) is 13.7. The molecule has 0 saturated heterocycles. The third-order valence-corrected chi connectivity index (χ3v) is 3.72. The molecule has 1 atom stereocenters. The van der Waals surface area contributed by atoms with Crippen molar-refractivity contribution in [3.8, 4) is 0 Å². The fraction of sp³-hybridized carbons (Fsp3) is 0.647. The minimum atomic E-state index is -0.661. The number of likely N-dealkylation sites (N-methyl/N-ethyl adjacent to an activating group) is 1. The molecule has 1 aromatic carbocycles. The minimum absolute atomic E-state index is 0.253. The van der Waals surface area contributed by atoms with Crippen molar-refractivity contribution in [2.45, 2.75) is 45.3 Å². The van der Waals surface area contributed by atoms with Gasteiger partial charge in [0.15, 0.2) is 0 Å². The third kappa shape index (κ3) is 7.28. The van der Waals surface area contributed by atoms with Gasteiger partial charge in [0.2, 0.25) is 0 Å². The monoisotopic (exact) mass is 312 g/mol. The zero-order valence-electron chi connectivity index (χ0n) is 13.7. The number of hydrogen-bond donors (Lipinski definition) is 2. The topological polar surface area (TPSA) is 35.5 Å². The lowest BCUT2D eigenvalue weighted by Gasteiger charge is -2.28. The second-order valence-corrected chi connectivity index (χ2v) is 6.77. The lowest BCUT2D eigenvalue weighted by atomic mass is 10.0. The Morgan fingerprint density at radius 1 is 1.33 bits per heavy atom. The first-order valence-electron chi connectivity index (χ1n) is 7.72. The van der Waals surface area contributed by atoms with Gasteiger partial charge in [0, 0.05) is 17.6 Å². The molecule has 4 heteroatoms. The Bertz CT molecular complexity index is 417. The molecule has 0 fully saturated rings. The number of halogens is 1. The molecule has 0 heterocycles. The summed E-state index contributed by atoms with van der Waals surface area (Å²) in [5.41, 5.74) is 0.496. The van der Waals surface area contributed by atoms with Crippen LogP contribution in [0.15, 0.2) is 24.3 Å². The second kappa shape index (κ2) is 8.74. The maximum Gasteiger partial charge on any atom is 0.0718 e. The van der Waals surface area contributed by atoms with Crippen LogP contribution in [0.5, 0.6) is 0 Å². The average Bonchev–Trinajstić information content (AvgIpc) is 2.38. The van der Waals surface area contributed by atoms with E-state index in [-0.39, 0.29) is 6.04 Å². The molecule has 120 valence electrons. The Morgan fingerprint density at radius 3 is 2.57 bits per heavy atom. The lowest BCUT2D eigenvalue weighted by Crippen LogP contribution is -2.37. The molecule has 3 nitrogen and oxygen atoms in total. The molecular weight excluding hydrogens is 284 g/mol. The van der Waals surface area contributed by atoms with Gasteiger partial charge < -0.3 is 15.3 Å². The summed E-state index contributed by atoms with van der Waals surface area (Å²) in [6, 6.07) is 8.28. The summed E-state index contributed by atoms with van der Waals surface area (Å²) >= 11 is 6.33. The number of nitrogens with one attached hydrogen (secondary N) is 1.